The van der Waals surface area contributed by atoms with Crippen molar-refractivity contribution in [3.05, 3.63) is 47.2 Å². The van der Waals surface area contributed by atoms with E-state index >= 15 is 0 Å². The van der Waals surface area contributed by atoms with E-state index in [1.54, 1.807) is 0 Å². The van der Waals surface area contributed by atoms with E-state index in [1.807, 2.05) is 0 Å². The van der Waals surface area contributed by atoms with E-state index in [-0.39, 0.29) is 16.4 Å². The molecule has 0 unspecified atom stereocenters. The van der Waals surface area contributed by atoms with E-state index in [0.717, 1.165) is 12.1 Å². The van der Waals surface area contributed by atoms with Crippen molar-refractivity contribution in [2.75, 3.05) is 5.32 Å². The average molecular weight is 296 g/mol. The van der Waals surface area contributed by atoms with Gasteiger partial charge in [-0.2, -0.15) is 5.10 Å². The summed E-state index contributed by atoms with van der Waals surface area (Å²) in [5, 5.41) is 8.60. The number of H-pyrrole nitrogens is 1. The van der Waals surface area contributed by atoms with Crippen LogP contribution >= 0.6 is 12.2 Å². The number of rotatable bonds is 4. The van der Waals surface area contributed by atoms with Crippen molar-refractivity contribution >= 4 is 28.9 Å². The molecule has 0 aliphatic rings. The van der Waals surface area contributed by atoms with Crippen molar-refractivity contribution in [3.63, 3.8) is 0 Å². The van der Waals surface area contributed by atoms with Gasteiger partial charge < -0.3 is 11.1 Å². The van der Waals surface area contributed by atoms with Crippen LogP contribution in [0.2, 0.25) is 0 Å². The number of carbonyl (C=O) groups is 1. The molecule has 0 fully saturated rings. The summed E-state index contributed by atoms with van der Waals surface area (Å²) in [5.41, 5.74) is 5.48. The normalized spacial score (nSPS) is 10.3. The number of carbonyl (C=O) groups excluding carboxylic acids is 1. The topological polar surface area (TPSA) is 83.8 Å². The van der Waals surface area contributed by atoms with Crippen molar-refractivity contribution in [1.29, 1.82) is 0 Å². The number of aromatic nitrogens is 2. The van der Waals surface area contributed by atoms with E-state index in [0.29, 0.717) is 5.56 Å². The Hall–Kier alpha value is -2.35. The number of nitrogens with one attached hydrogen (secondary N) is 2. The van der Waals surface area contributed by atoms with Gasteiger partial charge in [-0.25, -0.2) is 8.78 Å². The van der Waals surface area contributed by atoms with E-state index in [9.17, 15) is 13.6 Å². The molecule has 104 valence electrons. The molecule has 1 aromatic heterocycles. The molecule has 1 aromatic carbocycles. The molecular formula is C12H10F2N4OS. The number of nitrogens with zero attached hydrogens (tertiary/aromatic N) is 1. The Labute approximate surface area is 118 Å². The lowest BCUT2D eigenvalue weighted by molar-refractivity contribution is -0.115. The second kappa shape index (κ2) is 5.74. The van der Waals surface area contributed by atoms with Crippen LogP contribution in [0.1, 0.15) is 11.1 Å². The molecule has 0 atom stereocenters. The van der Waals surface area contributed by atoms with Crippen LogP contribution in [-0.2, 0) is 11.2 Å². The minimum atomic E-state index is -0.778. The second-order valence-electron chi connectivity index (χ2n) is 3.95. The molecule has 20 heavy (non-hydrogen) atoms. The van der Waals surface area contributed by atoms with Crippen LogP contribution in [0.5, 0.6) is 0 Å². The van der Waals surface area contributed by atoms with Crippen LogP contribution < -0.4 is 11.1 Å². The van der Waals surface area contributed by atoms with Gasteiger partial charge in [-0.15, -0.1) is 0 Å². The number of hydrogen-bond donors (Lipinski definition) is 3. The molecule has 4 N–H and O–H groups in total. The maximum Gasteiger partial charge on any atom is 0.230 e. The summed E-state index contributed by atoms with van der Waals surface area (Å²) in [6.45, 7) is 0. The molecule has 0 spiro atoms. The van der Waals surface area contributed by atoms with Gasteiger partial charge in [0.1, 0.15) is 22.4 Å². The van der Waals surface area contributed by atoms with Gasteiger partial charge in [-0.3, -0.25) is 9.89 Å². The lowest BCUT2D eigenvalue weighted by atomic mass is 10.1. The Morgan fingerprint density at radius 3 is 2.65 bits per heavy atom. The van der Waals surface area contributed by atoms with Crippen molar-refractivity contribution in [3.8, 4) is 0 Å². The summed E-state index contributed by atoms with van der Waals surface area (Å²) in [6, 6.07) is 3.40. The molecule has 0 saturated heterocycles. The standard InChI is InChI=1S/C12H10F2N4OS/c13-8-2-1-3-9(14)6(8)4-10(19)17-12-7(11(15)20)5-16-18-12/h1-3,5H,4H2,(H2,15,20)(H2,16,17,18,19). The molecule has 5 nitrogen and oxygen atoms in total. The molecule has 1 heterocycles. The molecule has 0 saturated carbocycles. The average Bonchev–Trinajstić information content (AvgIpc) is 2.82. The number of hydrogen-bond acceptors (Lipinski definition) is 3. The summed E-state index contributed by atoms with van der Waals surface area (Å²) in [6.07, 6.45) is 0.899. The van der Waals surface area contributed by atoms with Gasteiger partial charge >= 0.3 is 0 Å². The zero-order valence-electron chi connectivity index (χ0n) is 10.1. The van der Waals surface area contributed by atoms with Crippen LogP contribution in [0.15, 0.2) is 24.4 Å². The first-order valence-electron chi connectivity index (χ1n) is 5.55. The number of halogens is 2. The zero-order valence-corrected chi connectivity index (χ0v) is 10.9. The van der Waals surface area contributed by atoms with Gasteiger partial charge in [0.25, 0.3) is 0 Å². The summed E-state index contributed by atoms with van der Waals surface area (Å²) in [4.78, 5) is 11.8. The summed E-state index contributed by atoms with van der Waals surface area (Å²) in [5.74, 6) is -1.98. The third-order valence-electron chi connectivity index (χ3n) is 2.57. The fourth-order valence-electron chi connectivity index (χ4n) is 1.61. The van der Waals surface area contributed by atoms with Gasteiger partial charge in [-0.1, -0.05) is 18.3 Å². The van der Waals surface area contributed by atoms with E-state index in [4.69, 9.17) is 18.0 Å². The van der Waals surface area contributed by atoms with Gasteiger partial charge in [0.2, 0.25) is 5.91 Å². The molecule has 0 aliphatic heterocycles. The molecule has 0 aliphatic carbocycles. The predicted molar refractivity (Wildman–Crippen MR) is 73.2 cm³/mol. The highest BCUT2D eigenvalue weighted by atomic mass is 32.1. The van der Waals surface area contributed by atoms with Crippen LogP contribution in [0.3, 0.4) is 0 Å². The van der Waals surface area contributed by atoms with Crippen LogP contribution in [0.4, 0.5) is 14.6 Å². The molecule has 2 aromatic rings. The first-order valence-corrected chi connectivity index (χ1v) is 5.95. The molecule has 8 heteroatoms. The maximum atomic E-state index is 13.4. The molecule has 0 radical (unpaired) electrons. The first kappa shape index (κ1) is 14.1. The van der Waals surface area contributed by atoms with Crippen LogP contribution in [-0.4, -0.2) is 21.1 Å². The second-order valence-corrected chi connectivity index (χ2v) is 4.39. The lowest BCUT2D eigenvalue weighted by Crippen LogP contribution is -2.19. The summed E-state index contributed by atoms with van der Waals surface area (Å²) >= 11 is 4.77. The number of anilines is 1. The largest absolute Gasteiger partial charge is 0.389 e. The number of aromatic amines is 1. The Balaban J connectivity index is 2.14. The Morgan fingerprint density at radius 1 is 1.40 bits per heavy atom. The van der Waals surface area contributed by atoms with Crippen LogP contribution in [0.25, 0.3) is 0 Å². The van der Waals surface area contributed by atoms with Gasteiger partial charge in [0, 0.05) is 5.56 Å². The van der Waals surface area contributed by atoms with Crippen molar-refractivity contribution in [2.45, 2.75) is 6.42 Å². The van der Waals surface area contributed by atoms with Crippen LogP contribution in [0, 0.1) is 11.6 Å². The number of thiocarbonyl (C=S) groups is 1. The minimum Gasteiger partial charge on any atom is -0.389 e. The third kappa shape index (κ3) is 2.97. The smallest absolute Gasteiger partial charge is 0.230 e. The highest BCUT2D eigenvalue weighted by Gasteiger charge is 2.15. The van der Waals surface area contributed by atoms with E-state index < -0.39 is 24.0 Å². The quantitative estimate of drug-likeness (QED) is 0.747. The lowest BCUT2D eigenvalue weighted by Gasteiger charge is -2.06. The van der Waals surface area contributed by atoms with Gasteiger partial charge in [0.05, 0.1) is 18.2 Å². The van der Waals surface area contributed by atoms with Crippen molar-refractivity contribution < 1.29 is 13.6 Å². The van der Waals surface area contributed by atoms with Crippen molar-refractivity contribution in [1.82, 2.24) is 10.2 Å². The summed E-state index contributed by atoms with van der Waals surface area (Å²) in [7, 11) is 0. The van der Waals surface area contributed by atoms with Gasteiger partial charge in [-0.05, 0) is 12.1 Å². The van der Waals surface area contributed by atoms with Gasteiger partial charge in [0.15, 0.2) is 0 Å². The van der Waals surface area contributed by atoms with E-state index in [2.05, 4.69) is 15.5 Å². The Bertz CT molecular complexity index is 651. The molecule has 0 bridgehead atoms. The highest BCUT2D eigenvalue weighted by molar-refractivity contribution is 7.80. The molecular weight excluding hydrogens is 286 g/mol. The third-order valence-corrected chi connectivity index (χ3v) is 2.79. The fourth-order valence-corrected chi connectivity index (χ4v) is 1.77. The molecule has 1 amide bonds. The maximum absolute atomic E-state index is 13.4. The number of amides is 1. The first-order chi connectivity index (χ1) is 9.49. The monoisotopic (exact) mass is 296 g/mol. The SMILES string of the molecule is NC(=S)c1cn[nH]c1NC(=O)Cc1c(F)cccc1F. The fraction of sp³-hybridized carbons (Fsp3) is 0.0833. The predicted octanol–water partition coefficient (Wildman–Crippen LogP) is 1.50. The Kier molecular flexibility index (Phi) is 4.04. The van der Waals surface area contributed by atoms with E-state index in [1.165, 1.54) is 12.3 Å². The number of benzene rings is 1. The number of nitrogens with two attached hydrogens (primary N) is 1. The zero-order chi connectivity index (χ0) is 14.7. The van der Waals surface area contributed by atoms with Crippen molar-refractivity contribution in [2.24, 2.45) is 5.73 Å². The summed E-state index contributed by atoms with van der Waals surface area (Å²) < 4.78 is 26.8. The molecule has 2 rings (SSSR count). The Morgan fingerprint density at radius 2 is 2.05 bits per heavy atom. The minimum absolute atomic E-state index is 0.0473. The highest BCUT2D eigenvalue weighted by Crippen LogP contribution is 2.15.